The number of esters is 1. The number of aromatic hydroxyl groups is 1. The predicted molar refractivity (Wildman–Crippen MR) is 102 cm³/mol. The molecule has 0 radical (unpaired) electrons. The van der Waals surface area contributed by atoms with Crippen molar-refractivity contribution in [2.24, 2.45) is 0 Å². The van der Waals surface area contributed by atoms with E-state index in [-0.39, 0.29) is 23.3 Å². The number of hydrogen-bond donors (Lipinski definition) is 1. The highest BCUT2D eigenvalue weighted by molar-refractivity contribution is 5.85. The number of benzene rings is 2. The third-order valence-corrected chi connectivity index (χ3v) is 4.58. The Kier molecular flexibility index (Phi) is 5.54. The van der Waals surface area contributed by atoms with Gasteiger partial charge in [-0.2, -0.15) is 0 Å². The van der Waals surface area contributed by atoms with Crippen molar-refractivity contribution in [3.05, 3.63) is 64.0 Å². The minimum Gasteiger partial charge on any atom is -0.507 e. The lowest BCUT2D eigenvalue weighted by molar-refractivity contribution is -0.140. The van der Waals surface area contributed by atoms with Gasteiger partial charge < -0.3 is 23.7 Å². The van der Waals surface area contributed by atoms with Gasteiger partial charge in [0.15, 0.2) is 0 Å². The van der Waals surface area contributed by atoms with Gasteiger partial charge >= 0.3 is 11.6 Å². The van der Waals surface area contributed by atoms with Crippen molar-refractivity contribution in [1.29, 1.82) is 0 Å². The van der Waals surface area contributed by atoms with Crippen molar-refractivity contribution in [3.8, 4) is 17.2 Å². The molecule has 28 heavy (non-hydrogen) atoms. The fraction of sp³-hybridized carbons (Fsp3) is 0.238. The molecule has 0 aliphatic carbocycles. The maximum absolute atomic E-state index is 12.7. The third-order valence-electron chi connectivity index (χ3n) is 4.58. The Morgan fingerprint density at radius 3 is 2.54 bits per heavy atom. The highest BCUT2D eigenvalue weighted by atomic mass is 16.5. The van der Waals surface area contributed by atoms with Crippen LogP contribution in [0, 0.1) is 0 Å². The molecule has 1 N–H and O–H groups in total. The van der Waals surface area contributed by atoms with Crippen LogP contribution in [0.4, 0.5) is 0 Å². The summed E-state index contributed by atoms with van der Waals surface area (Å²) in [6.45, 7) is 0. The first kappa shape index (κ1) is 19.3. The standard InChI is InChI=1S/C21H20O7/c1-25-12-8-9-13(17(10-12)26-2)15(11-18(22)27-3)19-20(23)14-6-4-5-7-16(14)28-21(19)24/h4-10,15,23H,11H2,1-3H3/t15-/m0/s1. The normalized spacial score (nSPS) is 11.8. The predicted octanol–water partition coefficient (Wildman–Crippen LogP) is 3.21. The van der Waals surface area contributed by atoms with Crippen molar-refractivity contribution in [1.82, 2.24) is 0 Å². The average Bonchev–Trinajstić information content (AvgIpc) is 2.72. The SMILES string of the molecule is COC(=O)C[C@@H](c1ccc(OC)cc1OC)c1c(O)c2ccccc2oc1=O. The van der Waals surface area contributed by atoms with Crippen LogP contribution in [0.15, 0.2) is 51.7 Å². The molecule has 0 fully saturated rings. The molecule has 1 heterocycles. The minimum absolute atomic E-state index is 0.0347. The fourth-order valence-corrected chi connectivity index (χ4v) is 3.18. The molecule has 146 valence electrons. The average molecular weight is 384 g/mol. The van der Waals surface area contributed by atoms with Gasteiger partial charge in [-0.3, -0.25) is 4.79 Å². The molecule has 0 amide bonds. The maximum Gasteiger partial charge on any atom is 0.343 e. The van der Waals surface area contributed by atoms with Gasteiger partial charge in [-0.05, 0) is 18.2 Å². The van der Waals surface area contributed by atoms with Crippen LogP contribution in [-0.2, 0) is 9.53 Å². The number of para-hydroxylation sites is 1. The van der Waals surface area contributed by atoms with Crippen molar-refractivity contribution in [3.63, 3.8) is 0 Å². The monoisotopic (exact) mass is 384 g/mol. The van der Waals surface area contributed by atoms with Crippen LogP contribution in [0.5, 0.6) is 17.2 Å². The summed E-state index contributed by atoms with van der Waals surface area (Å²) in [6, 6.07) is 11.6. The van der Waals surface area contributed by atoms with Gasteiger partial charge in [-0.1, -0.05) is 18.2 Å². The number of ether oxygens (including phenoxy) is 3. The topological polar surface area (TPSA) is 95.2 Å². The third kappa shape index (κ3) is 3.51. The molecule has 7 nitrogen and oxygen atoms in total. The molecule has 0 bridgehead atoms. The first-order chi connectivity index (χ1) is 13.5. The van der Waals surface area contributed by atoms with Crippen LogP contribution in [0.1, 0.15) is 23.5 Å². The molecule has 0 aliphatic rings. The van der Waals surface area contributed by atoms with Crippen molar-refractivity contribution < 1.29 is 28.5 Å². The van der Waals surface area contributed by atoms with E-state index in [0.717, 1.165) is 0 Å². The van der Waals surface area contributed by atoms with Gasteiger partial charge in [0.25, 0.3) is 0 Å². The molecule has 7 heteroatoms. The second kappa shape index (κ2) is 8.04. The van der Waals surface area contributed by atoms with E-state index in [0.29, 0.717) is 22.4 Å². The Bertz CT molecular complexity index is 1070. The summed E-state index contributed by atoms with van der Waals surface area (Å²) >= 11 is 0. The van der Waals surface area contributed by atoms with Gasteiger partial charge in [-0.25, -0.2) is 4.79 Å². The highest BCUT2D eigenvalue weighted by Gasteiger charge is 2.29. The molecule has 0 aliphatic heterocycles. The van der Waals surface area contributed by atoms with Gasteiger partial charge in [0.2, 0.25) is 0 Å². The molecule has 3 aromatic rings. The van der Waals surface area contributed by atoms with E-state index >= 15 is 0 Å². The smallest absolute Gasteiger partial charge is 0.343 e. The number of hydrogen-bond acceptors (Lipinski definition) is 7. The summed E-state index contributed by atoms with van der Waals surface area (Å²) in [5.41, 5.74) is 0.00869. The molecule has 0 unspecified atom stereocenters. The van der Waals surface area contributed by atoms with Crippen LogP contribution in [0.3, 0.4) is 0 Å². The Morgan fingerprint density at radius 1 is 1.11 bits per heavy atom. The molecule has 1 aromatic heterocycles. The largest absolute Gasteiger partial charge is 0.507 e. The zero-order valence-corrected chi connectivity index (χ0v) is 15.7. The summed E-state index contributed by atoms with van der Waals surface area (Å²) in [6.07, 6.45) is -0.185. The lowest BCUT2D eigenvalue weighted by atomic mass is 9.87. The lowest BCUT2D eigenvalue weighted by Crippen LogP contribution is -2.18. The molecule has 1 atom stereocenters. The summed E-state index contributed by atoms with van der Waals surface area (Å²) < 4.78 is 20.8. The van der Waals surface area contributed by atoms with Crippen molar-refractivity contribution >= 4 is 16.9 Å². The van der Waals surface area contributed by atoms with Crippen LogP contribution in [0.2, 0.25) is 0 Å². The molecule has 3 rings (SSSR count). The van der Waals surface area contributed by atoms with E-state index in [1.165, 1.54) is 21.3 Å². The minimum atomic E-state index is -0.839. The summed E-state index contributed by atoms with van der Waals surface area (Å²) in [4.78, 5) is 24.8. The van der Waals surface area contributed by atoms with Gasteiger partial charge in [0, 0.05) is 17.5 Å². The quantitative estimate of drug-likeness (QED) is 0.515. The second-order valence-electron chi connectivity index (χ2n) is 6.09. The van der Waals surface area contributed by atoms with E-state index in [9.17, 15) is 14.7 Å². The molecule has 2 aromatic carbocycles. The zero-order chi connectivity index (χ0) is 20.3. The Balaban J connectivity index is 2.27. The Labute approximate surface area is 161 Å². The van der Waals surface area contributed by atoms with E-state index < -0.39 is 17.5 Å². The maximum atomic E-state index is 12.7. The van der Waals surface area contributed by atoms with E-state index in [1.807, 2.05) is 0 Å². The van der Waals surface area contributed by atoms with Crippen LogP contribution >= 0.6 is 0 Å². The zero-order valence-electron chi connectivity index (χ0n) is 15.7. The fourth-order valence-electron chi connectivity index (χ4n) is 3.18. The molecule has 0 saturated carbocycles. The van der Waals surface area contributed by atoms with E-state index in [2.05, 4.69) is 0 Å². The van der Waals surface area contributed by atoms with Gasteiger partial charge in [0.05, 0.1) is 38.7 Å². The lowest BCUT2D eigenvalue weighted by Gasteiger charge is -2.20. The molecular formula is C21H20O7. The summed E-state index contributed by atoms with van der Waals surface area (Å²) in [5.74, 6) is -0.671. The highest BCUT2D eigenvalue weighted by Crippen LogP contribution is 2.40. The van der Waals surface area contributed by atoms with Crippen LogP contribution < -0.4 is 15.1 Å². The number of fused-ring (bicyclic) bond motifs is 1. The summed E-state index contributed by atoms with van der Waals surface area (Å²) in [5, 5.41) is 11.2. The van der Waals surface area contributed by atoms with Crippen molar-refractivity contribution in [2.45, 2.75) is 12.3 Å². The first-order valence-corrected chi connectivity index (χ1v) is 8.53. The van der Waals surface area contributed by atoms with E-state index in [4.69, 9.17) is 18.6 Å². The molecule has 0 saturated heterocycles. The van der Waals surface area contributed by atoms with Gasteiger partial charge in [-0.15, -0.1) is 0 Å². The number of methoxy groups -OCH3 is 3. The van der Waals surface area contributed by atoms with E-state index in [1.54, 1.807) is 42.5 Å². The van der Waals surface area contributed by atoms with Crippen LogP contribution in [-0.4, -0.2) is 32.4 Å². The molecule has 0 spiro atoms. The Morgan fingerprint density at radius 2 is 1.86 bits per heavy atom. The van der Waals surface area contributed by atoms with Crippen LogP contribution in [0.25, 0.3) is 11.0 Å². The first-order valence-electron chi connectivity index (χ1n) is 8.53. The second-order valence-corrected chi connectivity index (χ2v) is 6.09. The van der Waals surface area contributed by atoms with Gasteiger partial charge in [0.1, 0.15) is 22.8 Å². The number of carbonyl (C=O) groups is 1. The summed E-state index contributed by atoms with van der Waals surface area (Å²) in [7, 11) is 4.24. The number of carbonyl (C=O) groups excluding carboxylic acids is 1. The number of rotatable bonds is 6. The van der Waals surface area contributed by atoms with Crippen molar-refractivity contribution in [2.75, 3.05) is 21.3 Å². The molecular weight excluding hydrogens is 364 g/mol. The Hall–Kier alpha value is -3.48.